The number of aliphatic hydroxyl groups excluding tert-OH is 1. The molecule has 0 aliphatic carbocycles. The Morgan fingerprint density at radius 3 is 2.33 bits per heavy atom. The summed E-state index contributed by atoms with van der Waals surface area (Å²) in [5.41, 5.74) is 0.725. The minimum absolute atomic E-state index is 0.410. The van der Waals surface area contributed by atoms with E-state index < -0.39 is 30.6 Å². The van der Waals surface area contributed by atoms with E-state index in [1.165, 1.54) is 7.11 Å². The number of nitrogens with one attached hydrogen (secondary N) is 1. The summed E-state index contributed by atoms with van der Waals surface area (Å²) in [6.45, 7) is -0.529. The molecular weight excluding hydrogens is 296 g/mol. The van der Waals surface area contributed by atoms with E-state index >= 15 is 0 Å². The summed E-state index contributed by atoms with van der Waals surface area (Å²) in [6.07, 6.45) is 0. The van der Waals surface area contributed by atoms with Gasteiger partial charge in [0.25, 0.3) is 0 Å². The SMILES string of the molecule is COC(=O)[C@H](CO)NC(=O)C(c1ccc(Cl)cc1)N(C)C. The molecule has 0 saturated carbocycles. The van der Waals surface area contributed by atoms with Crippen molar-refractivity contribution < 1.29 is 19.4 Å². The normalized spacial score (nSPS) is 13.6. The highest BCUT2D eigenvalue weighted by molar-refractivity contribution is 6.30. The van der Waals surface area contributed by atoms with E-state index in [-0.39, 0.29) is 0 Å². The second kappa shape index (κ2) is 7.97. The largest absolute Gasteiger partial charge is 0.467 e. The molecule has 2 atom stereocenters. The highest BCUT2D eigenvalue weighted by atomic mass is 35.5. The van der Waals surface area contributed by atoms with Crippen LogP contribution in [0.3, 0.4) is 0 Å². The Labute approximate surface area is 128 Å². The first kappa shape index (κ1) is 17.4. The molecule has 1 aromatic carbocycles. The number of halogens is 1. The zero-order chi connectivity index (χ0) is 16.0. The Bertz CT molecular complexity index is 490. The summed E-state index contributed by atoms with van der Waals surface area (Å²) in [7, 11) is 4.68. The van der Waals surface area contributed by atoms with Gasteiger partial charge in [-0.3, -0.25) is 9.69 Å². The minimum Gasteiger partial charge on any atom is -0.467 e. The smallest absolute Gasteiger partial charge is 0.330 e. The number of amides is 1. The van der Waals surface area contributed by atoms with Gasteiger partial charge < -0.3 is 15.2 Å². The number of likely N-dealkylation sites (N-methyl/N-ethyl adjacent to an activating group) is 1. The maximum atomic E-state index is 12.4. The number of nitrogens with zero attached hydrogens (tertiary/aromatic N) is 1. The third-order valence-corrected chi connectivity index (χ3v) is 3.19. The molecule has 116 valence electrons. The lowest BCUT2D eigenvalue weighted by molar-refractivity contribution is -0.146. The van der Waals surface area contributed by atoms with Crippen molar-refractivity contribution in [3.8, 4) is 0 Å². The molecule has 0 aliphatic heterocycles. The number of esters is 1. The first-order valence-corrected chi connectivity index (χ1v) is 6.69. The highest BCUT2D eigenvalue weighted by Gasteiger charge is 2.28. The summed E-state index contributed by atoms with van der Waals surface area (Å²) >= 11 is 5.83. The van der Waals surface area contributed by atoms with Crippen molar-refractivity contribution in [2.75, 3.05) is 27.8 Å². The zero-order valence-corrected chi connectivity index (χ0v) is 12.9. The van der Waals surface area contributed by atoms with E-state index in [0.29, 0.717) is 5.02 Å². The van der Waals surface area contributed by atoms with Gasteiger partial charge in [-0.15, -0.1) is 0 Å². The molecule has 1 amide bonds. The number of hydrogen-bond acceptors (Lipinski definition) is 5. The molecule has 0 radical (unpaired) electrons. The standard InChI is InChI=1S/C14H19ClN2O4/c1-17(2)12(9-4-6-10(15)7-5-9)13(19)16-11(8-18)14(20)21-3/h4-7,11-12,18H,8H2,1-3H3,(H,16,19)/t11-,12?/m0/s1. The molecule has 0 heterocycles. The Hall–Kier alpha value is -1.63. The fourth-order valence-electron chi connectivity index (χ4n) is 1.90. The second-order valence-electron chi connectivity index (χ2n) is 4.68. The van der Waals surface area contributed by atoms with Crippen molar-refractivity contribution in [3.63, 3.8) is 0 Å². The first-order chi connectivity index (χ1) is 9.90. The molecule has 0 spiro atoms. The van der Waals surface area contributed by atoms with Crippen LogP contribution in [0.1, 0.15) is 11.6 Å². The summed E-state index contributed by atoms with van der Waals surface area (Å²) in [4.78, 5) is 25.5. The summed E-state index contributed by atoms with van der Waals surface area (Å²) in [5.74, 6) is -1.11. The second-order valence-corrected chi connectivity index (χ2v) is 5.12. The molecular formula is C14H19ClN2O4. The van der Waals surface area contributed by atoms with Gasteiger partial charge in [0, 0.05) is 5.02 Å². The molecule has 1 rings (SSSR count). The number of carbonyl (C=O) groups is 2. The first-order valence-electron chi connectivity index (χ1n) is 6.31. The van der Waals surface area contributed by atoms with Crippen LogP contribution in [0.15, 0.2) is 24.3 Å². The van der Waals surface area contributed by atoms with Crippen molar-refractivity contribution in [2.24, 2.45) is 0 Å². The maximum Gasteiger partial charge on any atom is 0.330 e. The third kappa shape index (κ3) is 4.70. The van der Waals surface area contributed by atoms with Crippen LogP contribution in [0.4, 0.5) is 0 Å². The lowest BCUT2D eigenvalue weighted by Crippen LogP contribution is -2.48. The number of benzene rings is 1. The topological polar surface area (TPSA) is 78.9 Å². The van der Waals surface area contributed by atoms with E-state index in [4.69, 9.17) is 16.7 Å². The fourth-order valence-corrected chi connectivity index (χ4v) is 2.03. The Morgan fingerprint density at radius 2 is 1.90 bits per heavy atom. The van der Waals surface area contributed by atoms with Gasteiger partial charge in [0.15, 0.2) is 6.04 Å². The average molecular weight is 315 g/mol. The zero-order valence-electron chi connectivity index (χ0n) is 12.2. The quantitative estimate of drug-likeness (QED) is 0.752. The van der Waals surface area contributed by atoms with Gasteiger partial charge >= 0.3 is 5.97 Å². The average Bonchev–Trinajstić information content (AvgIpc) is 2.45. The number of ether oxygens (including phenoxy) is 1. The minimum atomic E-state index is -1.09. The van der Waals surface area contributed by atoms with E-state index in [9.17, 15) is 9.59 Å². The van der Waals surface area contributed by atoms with Crippen LogP contribution < -0.4 is 5.32 Å². The fraction of sp³-hybridized carbons (Fsp3) is 0.429. The van der Waals surface area contributed by atoms with Crippen LogP contribution in [0.2, 0.25) is 5.02 Å². The van der Waals surface area contributed by atoms with Crippen LogP contribution in [0.25, 0.3) is 0 Å². The van der Waals surface area contributed by atoms with Gasteiger partial charge in [-0.25, -0.2) is 4.79 Å². The molecule has 7 heteroatoms. The summed E-state index contributed by atoms with van der Waals surface area (Å²) in [6, 6.07) is 5.14. The van der Waals surface area contributed by atoms with E-state index in [0.717, 1.165) is 5.56 Å². The summed E-state index contributed by atoms with van der Waals surface area (Å²) < 4.78 is 4.52. The van der Waals surface area contributed by atoms with E-state index in [1.807, 2.05) is 0 Å². The van der Waals surface area contributed by atoms with Crippen molar-refractivity contribution in [3.05, 3.63) is 34.9 Å². The number of hydrogen-bond donors (Lipinski definition) is 2. The van der Waals surface area contributed by atoms with E-state index in [2.05, 4.69) is 10.1 Å². The van der Waals surface area contributed by atoms with Crippen LogP contribution in [-0.4, -0.2) is 55.7 Å². The molecule has 1 unspecified atom stereocenters. The van der Waals surface area contributed by atoms with Gasteiger partial charge in [-0.05, 0) is 31.8 Å². The van der Waals surface area contributed by atoms with Crippen LogP contribution in [-0.2, 0) is 14.3 Å². The predicted octanol–water partition coefficient (Wildman–Crippen LogP) is 0.593. The molecule has 0 aliphatic rings. The molecule has 0 saturated heterocycles. The summed E-state index contributed by atoms with van der Waals surface area (Å²) in [5, 5.41) is 12.2. The Morgan fingerprint density at radius 1 is 1.33 bits per heavy atom. The third-order valence-electron chi connectivity index (χ3n) is 2.94. The van der Waals surface area contributed by atoms with Gasteiger partial charge in [0.1, 0.15) is 6.04 Å². The van der Waals surface area contributed by atoms with Gasteiger partial charge in [0.2, 0.25) is 5.91 Å². The molecule has 1 aromatic rings. The van der Waals surface area contributed by atoms with E-state index in [1.54, 1.807) is 43.3 Å². The number of carbonyl (C=O) groups excluding carboxylic acids is 2. The molecule has 2 N–H and O–H groups in total. The van der Waals surface area contributed by atoms with Crippen molar-refractivity contribution in [2.45, 2.75) is 12.1 Å². The highest BCUT2D eigenvalue weighted by Crippen LogP contribution is 2.20. The van der Waals surface area contributed by atoms with Gasteiger partial charge in [-0.1, -0.05) is 23.7 Å². The Balaban J connectivity index is 2.92. The van der Waals surface area contributed by atoms with Crippen molar-refractivity contribution >= 4 is 23.5 Å². The lowest BCUT2D eigenvalue weighted by atomic mass is 10.0. The Kier molecular flexibility index (Phi) is 6.61. The van der Waals surface area contributed by atoms with Gasteiger partial charge in [0.05, 0.1) is 13.7 Å². The van der Waals surface area contributed by atoms with Crippen molar-refractivity contribution in [1.82, 2.24) is 10.2 Å². The van der Waals surface area contributed by atoms with Gasteiger partial charge in [-0.2, -0.15) is 0 Å². The lowest BCUT2D eigenvalue weighted by Gasteiger charge is -2.25. The molecule has 0 bridgehead atoms. The van der Waals surface area contributed by atoms with Crippen LogP contribution in [0, 0.1) is 0 Å². The number of aliphatic hydroxyl groups is 1. The number of rotatable bonds is 6. The van der Waals surface area contributed by atoms with Crippen LogP contribution >= 0.6 is 11.6 Å². The molecule has 6 nitrogen and oxygen atoms in total. The van der Waals surface area contributed by atoms with Crippen LogP contribution in [0.5, 0.6) is 0 Å². The predicted molar refractivity (Wildman–Crippen MR) is 78.9 cm³/mol. The van der Waals surface area contributed by atoms with Crippen molar-refractivity contribution in [1.29, 1.82) is 0 Å². The maximum absolute atomic E-state index is 12.4. The monoisotopic (exact) mass is 314 g/mol. The molecule has 0 aromatic heterocycles. The molecule has 0 fully saturated rings. The molecule has 21 heavy (non-hydrogen) atoms. The number of methoxy groups -OCH3 is 1.